The largest absolute Gasteiger partial charge is 0.397 e. The molecule has 1 heterocycles. The second-order valence-electron chi connectivity index (χ2n) is 4.43. The van der Waals surface area contributed by atoms with Crippen LogP contribution in [0, 0.1) is 5.82 Å². The molecule has 21 heavy (non-hydrogen) atoms. The minimum absolute atomic E-state index is 0.0196. The maximum atomic E-state index is 13.0. The third kappa shape index (κ3) is 3.56. The molecule has 2 aromatic rings. The van der Waals surface area contributed by atoms with Crippen LogP contribution in [0.15, 0.2) is 41.4 Å². The molecular weight excluding hydrogens is 295 g/mol. The number of nitrogen functional groups attached to an aromatic ring is 1. The lowest BCUT2D eigenvalue weighted by Crippen LogP contribution is -2.13. The van der Waals surface area contributed by atoms with Gasteiger partial charge in [0, 0.05) is 12.7 Å². The molecule has 0 unspecified atom stereocenters. The average molecular weight is 310 g/mol. The normalized spacial score (nSPS) is 11.5. The zero-order valence-electron chi connectivity index (χ0n) is 11.4. The third-order valence-corrected chi connectivity index (χ3v) is 4.57. The van der Waals surface area contributed by atoms with Gasteiger partial charge in [0.15, 0.2) is 9.84 Å². The lowest BCUT2D eigenvalue weighted by molar-refractivity contribution is 0.217. The van der Waals surface area contributed by atoms with E-state index in [2.05, 4.69) is 4.98 Å². The van der Waals surface area contributed by atoms with Crippen LogP contribution < -0.4 is 5.73 Å². The number of halogens is 1. The summed E-state index contributed by atoms with van der Waals surface area (Å²) >= 11 is 0. The van der Waals surface area contributed by atoms with Crippen LogP contribution in [0.5, 0.6) is 0 Å². The number of benzene rings is 1. The van der Waals surface area contributed by atoms with Crippen LogP contribution in [-0.2, 0) is 14.6 Å². The predicted molar refractivity (Wildman–Crippen MR) is 78.0 cm³/mol. The van der Waals surface area contributed by atoms with Gasteiger partial charge in [0.2, 0.25) is 0 Å². The van der Waals surface area contributed by atoms with Gasteiger partial charge in [0.1, 0.15) is 5.82 Å². The second kappa shape index (κ2) is 6.19. The van der Waals surface area contributed by atoms with Gasteiger partial charge in [-0.05, 0) is 30.3 Å². The van der Waals surface area contributed by atoms with Crippen molar-refractivity contribution in [2.45, 2.75) is 4.90 Å². The molecule has 0 amide bonds. The van der Waals surface area contributed by atoms with Crippen molar-refractivity contribution >= 4 is 15.5 Å². The Labute approximate surface area is 122 Å². The number of aromatic nitrogens is 1. The van der Waals surface area contributed by atoms with Gasteiger partial charge >= 0.3 is 0 Å². The molecule has 0 aliphatic carbocycles. The quantitative estimate of drug-likeness (QED) is 0.912. The zero-order valence-corrected chi connectivity index (χ0v) is 12.2. The number of hydrogen-bond donors (Lipinski definition) is 1. The van der Waals surface area contributed by atoms with Crippen molar-refractivity contribution in [1.82, 2.24) is 4.98 Å². The number of nitrogens with two attached hydrogens (primary N) is 1. The van der Waals surface area contributed by atoms with Crippen LogP contribution in [0.4, 0.5) is 10.1 Å². The molecule has 0 fully saturated rings. The zero-order chi connectivity index (χ0) is 15.5. The number of nitrogens with zero attached hydrogens (tertiary/aromatic N) is 1. The third-order valence-electron chi connectivity index (χ3n) is 2.88. The van der Waals surface area contributed by atoms with Crippen molar-refractivity contribution in [3.63, 3.8) is 0 Å². The SMILES string of the molecule is COCCS(=O)(=O)c1cc(N)cnc1-c1ccc(F)cc1. The average Bonchev–Trinajstić information content (AvgIpc) is 2.46. The second-order valence-corrected chi connectivity index (χ2v) is 6.51. The van der Waals surface area contributed by atoms with E-state index in [-0.39, 0.29) is 28.6 Å². The van der Waals surface area contributed by atoms with Crippen LogP contribution in [0.1, 0.15) is 0 Å². The number of hydrogen-bond acceptors (Lipinski definition) is 5. The number of methoxy groups -OCH3 is 1. The van der Waals surface area contributed by atoms with E-state index in [9.17, 15) is 12.8 Å². The minimum atomic E-state index is -3.60. The van der Waals surface area contributed by atoms with E-state index in [1.165, 1.54) is 43.6 Å². The summed E-state index contributed by atoms with van der Waals surface area (Å²) in [5.41, 5.74) is 6.64. The summed E-state index contributed by atoms with van der Waals surface area (Å²) in [6.45, 7) is 0.0694. The standard InChI is InChI=1S/C14H15FN2O3S/c1-20-6-7-21(18,19)13-8-12(16)9-17-14(13)10-2-4-11(15)5-3-10/h2-5,8-9H,6-7,16H2,1H3. The molecule has 2 N–H and O–H groups in total. The molecule has 1 aromatic heterocycles. The first-order valence-corrected chi connectivity index (χ1v) is 7.82. The van der Waals surface area contributed by atoms with Crippen molar-refractivity contribution in [3.05, 3.63) is 42.3 Å². The van der Waals surface area contributed by atoms with Crippen LogP contribution in [0.2, 0.25) is 0 Å². The Hall–Kier alpha value is -1.99. The van der Waals surface area contributed by atoms with Crippen LogP contribution in [-0.4, -0.2) is 32.9 Å². The molecular formula is C14H15FN2O3S. The van der Waals surface area contributed by atoms with Crippen LogP contribution in [0.3, 0.4) is 0 Å². The number of ether oxygens (including phenoxy) is 1. The van der Waals surface area contributed by atoms with E-state index < -0.39 is 15.7 Å². The van der Waals surface area contributed by atoms with E-state index in [0.717, 1.165) is 0 Å². The highest BCUT2D eigenvalue weighted by Gasteiger charge is 2.21. The number of sulfone groups is 1. The molecule has 0 saturated carbocycles. The maximum absolute atomic E-state index is 13.0. The molecule has 0 aliphatic rings. The van der Waals surface area contributed by atoms with Crippen LogP contribution in [0.25, 0.3) is 11.3 Å². The molecule has 0 bridgehead atoms. The fraction of sp³-hybridized carbons (Fsp3) is 0.214. The summed E-state index contributed by atoms with van der Waals surface area (Å²) in [5.74, 6) is -0.582. The van der Waals surface area contributed by atoms with E-state index in [0.29, 0.717) is 5.56 Å². The fourth-order valence-corrected chi connectivity index (χ4v) is 3.21. The topological polar surface area (TPSA) is 82.3 Å². The highest BCUT2D eigenvalue weighted by molar-refractivity contribution is 7.91. The van der Waals surface area contributed by atoms with Gasteiger partial charge in [-0.2, -0.15) is 0 Å². The molecule has 0 radical (unpaired) electrons. The first kappa shape index (κ1) is 15.4. The van der Waals surface area contributed by atoms with Crippen molar-refractivity contribution in [2.75, 3.05) is 25.2 Å². The van der Waals surface area contributed by atoms with E-state index in [1.807, 2.05) is 0 Å². The van der Waals surface area contributed by atoms with Gasteiger partial charge in [-0.1, -0.05) is 0 Å². The minimum Gasteiger partial charge on any atom is -0.397 e. The molecule has 2 rings (SSSR count). The van der Waals surface area contributed by atoms with E-state index >= 15 is 0 Å². The molecule has 0 aliphatic heterocycles. The predicted octanol–water partition coefficient (Wildman–Crippen LogP) is 1.89. The summed E-state index contributed by atoms with van der Waals surface area (Å²) in [5, 5.41) is 0. The number of anilines is 1. The van der Waals surface area contributed by atoms with Crippen LogP contribution >= 0.6 is 0 Å². The Morgan fingerprint density at radius 3 is 2.57 bits per heavy atom. The summed E-state index contributed by atoms with van der Waals surface area (Å²) < 4.78 is 42.5. The monoisotopic (exact) mass is 310 g/mol. The number of rotatable bonds is 5. The molecule has 5 nitrogen and oxygen atoms in total. The van der Waals surface area contributed by atoms with Gasteiger partial charge in [-0.15, -0.1) is 0 Å². The first-order chi connectivity index (χ1) is 9.94. The fourth-order valence-electron chi connectivity index (χ4n) is 1.82. The van der Waals surface area contributed by atoms with Crippen molar-refractivity contribution in [3.8, 4) is 11.3 Å². The van der Waals surface area contributed by atoms with Crippen molar-refractivity contribution < 1.29 is 17.5 Å². The Balaban J connectivity index is 2.55. The highest BCUT2D eigenvalue weighted by atomic mass is 32.2. The summed E-state index contributed by atoms with van der Waals surface area (Å²) in [4.78, 5) is 4.10. The molecule has 0 atom stereocenters. The Bertz CT molecular complexity index is 730. The van der Waals surface area contributed by atoms with E-state index in [4.69, 9.17) is 10.5 Å². The van der Waals surface area contributed by atoms with Gasteiger partial charge in [-0.25, -0.2) is 12.8 Å². The first-order valence-electron chi connectivity index (χ1n) is 6.17. The summed E-state index contributed by atoms with van der Waals surface area (Å²) in [7, 11) is -2.17. The molecule has 112 valence electrons. The van der Waals surface area contributed by atoms with Gasteiger partial charge in [-0.3, -0.25) is 4.98 Å². The summed E-state index contributed by atoms with van der Waals surface area (Å²) in [6.07, 6.45) is 1.37. The van der Waals surface area contributed by atoms with Crippen molar-refractivity contribution in [2.24, 2.45) is 0 Å². The van der Waals surface area contributed by atoms with E-state index in [1.54, 1.807) is 0 Å². The molecule has 7 heteroatoms. The van der Waals surface area contributed by atoms with Gasteiger partial charge < -0.3 is 10.5 Å². The van der Waals surface area contributed by atoms with Gasteiger partial charge in [0.25, 0.3) is 0 Å². The molecule has 0 spiro atoms. The lowest BCUT2D eigenvalue weighted by atomic mass is 10.1. The van der Waals surface area contributed by atoms with Crippen molar-refractivity contribution in [1.29, 1.82) is 0 Å². The maximum Gasteiger partial charge on any atom is 0.182 e. The Kier molecular flexibility index (Phi) is 4.54. The molecule has 1 aromatic carbocycles. The Morgan fingerprint density at radius 2 is 1.95 bits per heavy atom. The van der Waals surface area contributed by atoms with Gasteiger partial charge in [0.05, 0.1) is 34.8 Å². The number of pyridine rings is 1. The summed E-state index contributed by atoms with van der Waals surface area (Å²) in [6, 6.07) is 6.81. The molecule has 0 saturated heterocycles. The highest BCUT2D eigenvalue weighted by Crippen LogP contribution is 2.27. The Morgan fingerprint density at radius 1 is 1.29 bits per heavy atom. The lowest BCUT2D eigenvalue weighted by Gasteiger charge is -2.10. The smallest absolute Gasteiger partial charge is 0.182 e.